The summed E-state index contributed by atoms with van der Waals surface area (Å²) in [5, 5.41) is 10.8. The predicted octanol–water partition coefficient (Wildman–Crippen LogP) is 4.65. The van der Waals surface area contributed by atoms with Gasteiger partial charge in [0, 0.05) is 12.1 Å². The molecule has 27 heavy (non-hydrogen) atoms. The van der Waals surface area contributed by atoms with Crippen molar-refractivity contribution in [2.45, 2.75) is 19.5 Å². The highest BCUT2D eigenvalue weighted by atomic mass is 19.4. The van der Waals surface area contributed by atoms with Crippen molar-refractivity contribution in [2.75, 3.05) is 19.0 Å². The van der Waals surface area contributed by atoms with Gasteiger partial charge in [0.1, 0.15) is 17.3 Å². The van der Waals surface area contributed by atoms with E-state index >= 15 is 0 Å². The number of alkyl halides is 3. The Hall–Kier alpha value is -3.10. The fraction of sp³-hybridized carbons (Fsp3) is 0.278. The normalized spacial score (nSPS) is 11.4. The van der Waals surface area contributed by atoms with E-state index in [9.17, 15) is 13.2 Å². The van der Waals surface area contributed by atoms with Gasteiger partial charge < -0.3 is 14.5 Å². The number of hydrogen-bond donors (Lipinski definition) is 1. The molecule has 3 rings (SSSR count). The van der Waals surface area contributed by atoms with Gasteiger partial charge in [-0.1, -0.05) is 6.92 Å². The molecule has 0 saturated carbocycles. The third kappa shape index (κ3) is 4.18. The van der Waals surface area contributed by atoms with Crippen molar-refractivity contribution in [3.8, 4) is 28.7 Å². The largest absolute Gasteiger partial charge is 0.497 e. The first-order chi connectivity index (χ1) is 12.9. The summed E-state index contributed by atoms with van der Waals surface area (Å²) in [6, 6.07) is 9.15. The van der Waals surface area contributed by atoms with E-state index in [1.807, 2.05) is 6.92 Å². The van der Waals surface area contributed by atoms with Crippen LogP contribution in [0.4, 0.5) is 19.0 Å². The average Bonchev–Trinajstić information content (AvgIpc) is 3.15. The van der Waals surface area contributed by atoms with Gasteiger partial charge in [-0.25, -0.2) is 4.98 Å². The monoisotopic (exact) mass is 378 g/mol. The number of aromatic nitrogens is 3. The summed E-state index contributed by atoms with van der Waals surface area (Å²) in [5.74, 6) is 1.06. The van der Waals surface area contributed by atoms with Gasteiger partial charge in [0.15, 0.2) is 0 Å². The number of nitrogens with one attached hydrogen (secondary N) is 1. The molecule has 0 fully saturated rings. The minimum Gasteiger partial charge on any atom is -0.497 e. The molecule has 9 heteroatoms. The molecule has 0 unspecified atom stereocenters. The van der Waals surface area contributed by atoms with Crippen molar-refractivity contribution >= 4 is 5.82 Å². The number of methoxy groups -OCH3 is 1. The number of anilines is 1. The summed E-state index contributed by atoms with van der Waals surface area (Å²) in [4.78, 5) is 3.68. The molecule has 0 radical (unpaired) electrons. The maximum Gasteiger partial charge on any atom is 0.433 e. The Morgan fingerprint density at radius 1 is 1.04 bits per heavy atom. The molecule has 1 N–H and O–H groups in total. The maximum absolute atomic E-state index is 13.0. The zero-order chi connectivity index (χ0) is 19.4. The van der Waals surface area contributed by atoms with E-state index in [0.29, 0.717) is 23.4 Å². The van der Waals surface area contributed by atoms with Gasteiger partial charge in [0.2, 0.25) is 5.89 Å². The number of benzene rings is 1. The van der Waals surface area contributed by atoms with Crippen LogP contribution in [0.1, 0.15) is 19.0 Å². The molecule has 0 spiro atoms. The molecule has 0 aliphatic carbocycles. The molecular weight excluding hydrogens is 361 g/mol. The second kappa shape index (κ2) is 7.65. The third-order valence-corrected chi connectivity index (χ3v) is 3.72. The van der Waals surface area contributed by atoms with Crippen molar-refractivity contribution in [1.29, 1.82) is 0 Å². The van der Waals surface area contributed by atoms with E-state index in [1.54, 1.807) is 31.4 Å². The van der Waals surface area contributed by atoms with Crippen LogP contribution >= 0.6 is 0 Å². The van der Waals surface area contributed by atoms with Crippen molar-refractivity contribution < 1.29 is 22.3 Å². The Bertz CT molecular complexity index is 908. The molecule has 0 saturated heterocycles. The molecule has 0 bridgehead atoms. The van der Waals surface area contributed by atoms with Crippen LogP contribution in [0.2, 0.25) is 0 Å². The highest BCUT2D eigenvalue weighted by Gasteiger charge is 2.33. The summed E-state index contributed by atoms with van der Waals surface area (Å²) >= 11 is 0. The van der Waals surface area contributed by atoms with E-state index < -0.39 is 11.9 Å². The van der Waals surface area contributed by atoms with Gasteiger partial charge in [-0.3, -0.25) is 0 Å². The summed E-state index contributed by atoms with van der Waals surface area (Å²) in [5.41, 5.74) is -0.0130. The molecule has 3 aromatic rings. The second-order valence-corrected chi connectivity index (χ2v) is 5.66. The first kappa shape index (κ1) is 18.7. The lowest BCUT2D eigenvalue weighted by Crippen LogP contribution is -2.11. The summed E-state index contributed by atoms with van der Waals surface area (Å²) in [7, 11) is 1.56. The lowest BCUT2D eigenvalue weighted by Gasteiger charge is -2.11. The Balaban J connectivity index is 1.96. The standard InChI is InChI=1S/C18H17F3N4O2/c1-3-10-22-15-13(8-9-14(23-15)18(19,20)21)17-25-24-16(27-17)11-4-6-12(26-2)7-5-11/h4-9H,3,10H2,1-2H3,(H,22,23). The van der Waals surface area contributed by atoms with Crippen molar-refractivity contribution in [1.82, 2.24) is 15.2 Å². The third-order valence-electron chi connectivity index (χ3n) is 3.72. The molecule has 1 aromatic carbocycles. The maximum atomic E-state index is 13.0. The van der Waals surface area contributed by atoms with Crippen LogP contribution in [0, 0.1) is 0 Å². The predicted molar refractivity (Wildman–Crippen MR) is 93.3 cm³/mol. The van der Waals surface area contributed by atoms with Gasteiger partial charge in [-0.15, -0.1) is 10.2 Å². The van der Waals surface area contributed by atoms with Crippen molar-refractivity contribution in [3.63, 3.8) is 0 Å². The zero-order valence-corrected chi connectivity index (χ0v) is 14.7. The number of hydrogen-bond acceptors (Lipinski definition) is 6. The van der Waals surface area contributed by atoms with E-state index in [1.165, 1.54) is 6.07 Å². The molecular formula is C18H17F3N4O2. The number of pyridine rings is 1. The summed E-state index contributed by atoms with van der Waals surface area (Å²) < 4.78 is 49.6. The molecule has 142 valence electrons. The Labute approximate surface area is 153 Å². The molecule has 2 aromatic heterocycles. The topological polar surface area (TPSA) is 73.1 Å². The van der Waals surface area contributed by atoms with Crippen LogP contribution in [-0.2, 0) is 6.18 Å². The summed E-state index contributed by atoms with van der Waals surface area (Å²) in [6.45, 7) is 2.36. The number of halogens is 3. The minimum atomic E-state index is -4.54. The van der Waals surface area contributed by atoms with Gasteiger partial charge >= 0.3 is 6.18 Å². The fourth-order valence-corrected chi connectivity index (χ4v) is 2.35. The number of rotatable bonds is 6. The lowest BCUT2D eigenvalue weighted by molar-refractivity contribution is -0.141. The van der Waals surface area contributed by atoms with Gasteiger partial charge in [-0.2, -0.15) is 13.2 Å². The molecule has 6 nitrogen and oxygen atoms in total. The van der Waals surface area contributed by atoms with Crippen LogP contribution in [0.25, 0.3) is 22.9 Å². The molecule has 0 aliphatic rings. The molecule has 0 aliphatic heterocycles. The van der Waals surface area contributed by atoms with E-state index in [2.05, 4.69) is 20.5 Å². The quantitative estimate of drug-likeness (QED) is 0.673. The van der Waals surface area contributed by atoms with Gasteiger partial charge in [0.05, 0.1) is 12.7 Å². The van der Waals surface area contributed by atoms with Gasteiger partial charge in [0.25, 0.3) is 5.89 Å². The van der Waals surface area contributed by atoms with Gasteiger partial charge in [-0.05, 0) is 42.8 Å². The lowest BCUT2D eigenvalue weighted by atomic mass is 10.2. The SMILES string of the molecule is CCCNc1nc(C(F)(F)F)ccc1-c1nnc(-c2ccc(OC)cc2)o1. The van der Waals surface area contributed by atoms with Crippen LogP contribution in [-0.4, -0.2) is 28.8 Å². The second-order valence-electron chi connectivity index (χ2n) is 5.66. The highest BCUT2D eigenvalue weighted by molar-refractivity contribution is 5.70. The fourth-order valence-electron chi connectivity index (χ4n) is 2.35. The van der Waals surface area contributed by atoms with Crippen LogP contribution < -0.4 is 10.1 Å². The Kier molecular flexibility index (Phi) is 5.29. The first-order valence-corrected chi connectivity index (χ1v) is 8.22. The average molecular weight is 378 g/mol. The van der Waals surface area contributed by atoms with Crippen LogP contribution in [0.15, 0.2) is 40.8 Å². The van der Waals surface area contributed by atoms with Crippen LogP contribution in [0.3, 0.4) is 0 Å². The number of ether oxygens (including phenoxy) is 1. The highest BCUT2D eigenvalue weighted by Crippen LogP contribution is 2.34. The van der Waals surface area contributed by atoms with Crippen LogP contribution in [0.5, 0.6) is 5.75 Å². The molecule has 0 amide bonds. The Morgan fingerprint density at radius 3 is 2.37 bits per heavy atom. The first-order valence-electron chi connectivity index (χ1n) is 8.22. The Morgan fingerprint density at radius 2 is 1.74 bits per heavy atom. The van der Waals surface area contributed by atoms with E-state index in [-0.39, 0.29) is 17.6 Å². The molecule has 0 atom stereocenters. The minimum absolute atomic E-state index is 0.0524. The van der Waals surface area contributed by atoms with E-state index in [4.69, 9.17) is 9.15 Å². The summed E-state index contributed by atoms with van der Waals surface area (Å²) in [6.07, 6.45) is -3.82. The molecule has 2 heterocycles. The number of nitrogens with zero attached hydrogens (tertiary/aromatic N) is 3. The van der Waals surface area contributed by atoms with Crippen molar-refractivity contribution in [2.24, 2.45) is 0 Å². The smallest absolute Gasteiger partial charge is 0.433 e. The zero-order valence-electron chi connectivity index (χ0n) is 14.7. The van der Waals surface area contributed by atoms with Crippen molar-refractivity contribution in [3.05, 3.63) is 42.1 Å². The van der Waals surface area contributed by atoms with E-state index in [0.717, 1.165) is 12.5 Å².